The average Bonchev–Trinajstić information content (AvgIpc) is 3.91. The molecule has 12 aromatic carbocycles. The van der Waals surface area contributed by atoms with Gasteiger partial charge in [-0.1, -0.05) is 255 Å². The monoisotopic (exact) mass is 874 g/mol. The third-order valence-electron chi connectivity index (χ3n) is 15.5. The largest absolute Gasteiger partial charge is 0.0713 e. The molecule has 0 fully saturated rings. The van der Waals surface area contributed by atoms with Crippen molar-refractivity contribution < 1.29 is 0 Å². The molecule has 2 unspecified atom stereocenters. The lowest BCUT2D eigenvalue weighted by Gasteiger charge is -2.34. The Bertz CT molecular complexity index is 3920. The standard InChI is InChI=1S/C69H46/c1-4-19-48(20-5-1)67-63-42-54(34-36-59(63)62-39-32-47-18-14-15-27-58(47)68(62)67)66(53-31-29-46-17-11-13-22-50(46)41-53)55-35-38-61-60-37-33-52(51-30-28-45-16-10-12-21-49(45)40-51)43-64(60)69(65(61)44-55,56-23-6-2-7-24-56)57-25-8-3-9-26-57/h1-44,66-67H. The number of rotatable bonds is 7. The Hall–Kier alpha value is -8.58. The van der Waals surface area contributed by atoms with Crippen LogP contribution >= 0.6 is 0 Å². The van der Waals surface area contributed by atoms with Gasteiger partial charge in [-0.2, -0.15) is 0 Å². The summed E-state index contributed by atoms with van der Waals surface area (Å²) in [6, 6.07) is 101. The smallest absolute Gasteiger partial charge is 0.0622 e. The van der Waals surface area contributed by atoms with Gasteiger partial charge in [-0.05, 0) is 133 Å². The van der Waals surface area contributed by atoms with E-state index < -0.39 is 5.41 Å². The Kier molecular flexibility index (Phi) is 9.04. The Morgan fingerprint density at radius 3 is 1.48 bits per heavy atom. The van der Waals surface area contributed by atoms with E-state index in [0.29, 0.717) is 0 Å². The van der Waals surface area contributed by atoms with E-state index in [1.54, 1.807) is 0 Å². The summed E-state index contributed by atoms with van der Waals surface area (Å²) in [5, 5.41) is 7.61. The van der Waals surface area contributed by atoms with Crippen molar-refractivity contribution in [2.75, 3.05) is 0 Å². The lowest BCUT2D eigenvalue weighted by Crippen LogP contribution is -2.28. The minimum Gasteiger partial charge on any atom is -0.0622 e. The summed E-state index contributed by atoms with van der Waals surface area (Å²) in [4.78, 5) is 0. The quantitative estimate of drug-likeness (QED) is 0.140. The van der Waals surface area contributed by atoms with Crippen LogP contribution in [0.3, 0.4) is 0 Å². The molecule has 0 saturated heterocycles. The molecule has 0 aliphatic heterocycles. The summed E-state index contributed by atoms with van der Waals surface area (Å²) in [6.07, 6.45) is 0. The van der Waals surface area contributed by atoms with Gasteiger partial charge < -0.3 is 0 Å². The normalized spacial score (nSPS) is 14.6. The lowest BCUT2D eigenvalue weighted by atomic mass is 9.67. The summed E-state index contributed by atoms with van der Waals surface area (Å²) in [6.45, 7) is 0. The number of hydrogen-bond acceptors (Lipinski definition) is 0. The van der Waals surface area contributed by atoms with Crippen molar-refractivity contribution in [1.82, 2.24) is 0 Å². The van der Waals surface area contributed by atoms with Crippen LogP contribution in [0, 0.1) is 0 Å². The molecule has 0 N–H and O–H groups in total. The van der Waals surface area contributed by atoms with E-state index in [1.807, 2.05) is 0 Å². The van der Waals surface area contributed by atoms with Gasteiger partial charge >= 0.3 is 0 Å². The van der Waals surface area contributed by atoms with Crippen molar-refractivity contribution in [3.8, 4) is 33.4 Å². The van der Waals surface area contributed by atoms with Gasteiger partial charge in [0.15, 0.2) is 0 Å². The topological polar surface area (TPSA) is 0 Å². The van der Waals surface area contributed by atoms with Crippen LogP contribution in [-0.4, -0.2) is 0 Å². The molecule has 0 amide bonds. The highest BCUT2D eigenvalue weighted by Crippen LogP contribution is 2.58. The van der Waals surface area contributed by atoms with Gasteiger partial charge in [0, 0.05) is 11.8 Å². The minimum atomic E-state index is -0.580. The zero-order valence-corrected chi connectivity index (χ0v) is 38.1. The zero-order chi connectivity index (χ0) is 45.5. The van der Waals surface area contributed by atoms with Crippen molar-refractivity contribution >= 4 is 32.3 Å². The number of fused-ring (bicyclic) bond motifs is 10. The molecule has 0 spiro atoms. The van der Waals surface area contributed by atoms with Crippen LogP contribution in [0.2, 0.25) is 0 Å². The lowest BCUT2D eigenvalue weighted by molar-refractivity contribution is 0.765. The van der Waals surface area contributed by atoms with E-state index in [2.05, 4.69) is 267 Å². The first-order valence-electron chi connectivity index (χ1n) is 24.3. The van der Waals surface area contributed by atoms with Crippen molar-refractivity contribution in [1.29, 1.82) is 0 Å². The molecule has 0 bridgehead atoms. The maximum atomic E-state index is 2.58. The van der Waals surface area contributed by atoms with E-state index >= 15 is 0 Å². The third-order valence-corrected chi connectivity index (χ3v) is 15.5. The molecular formula is C69H46. The van der Waals surface area contributed by atoms with E-state index in [9.17, 15) is 0 Å². The SMILES string of the molecule is c1ccc(C2c3cc(C(c4ccc5c(c4)C(c4ccccc4)(c4ccccc4)c4cc(-c6ccc7ccccc7c6)ccc4-5)c4ccc5ccccc5c4)ccc3-c3ccc4ccccc4c32)cc1. The van der Waals surface area contributed by atoms with E-state index in [1.165, 1.54) is 121 Å². The molecule has 322 valence electrons. The van der Waals surface area contributed by atoms with Gasteiger partial charge in [0.25, 0.3) is 0 Å². The zero-order valence-electron chi connectivity index (χ0n) is 38.1. The second kappa shape index (κ2) is 15.8. The Morgan fingerprint density at radius 2 is 0.768 bits per heavy atom. The Balaban J connectivity index is 1.01. The number of hydrogen-bond donors (Lipinski definition) is 0. The van der Waals surface area contributed by atoms with Crippen LogP contribution in [-0.2, 0) is 5.41 Å². The van der Waals surface area contributed by atoms with Gasteiger partial charge in [-0.3, -0.25) is 0 Å². The highest BCUT2D eigenvalue weighted by Gasteiger charge is 2.47. The second-order valence-electron chi connectivity index (χ2n) is 19.1. The predicted molar refractivity (Wildman–Crippen MR) is 288 cm³/mol. The van der Waals surface area contributed by atoms with Crippen LogP contribution in [0.25, 0.3) is 65.7 Å². The first-order valence-corrected chi connectivity index (χ1v) is 24.3. The number of benzene rings is 12. The molecule has 14 rings (SSSR count). The first kappa shape index (κ1) is 39.6. The van der Waals surface area contributed by atoms with Gasteiger partial charge in [0.05, 0.1) is 5.41 Å². The molecule has 2 aliphatic carbocycles. The highest BCUT2D eigenvalue weighted by atomic mass is 14.5. The van der Waals surface area contributed by atoms with Gasteiger partial charge in [-0.15, -0.1) is 0 Å². The summed E-state index contributed by atoms with van der Waals surface area (Å²) in [5.41, 5.74) is 20.2. The summed E-state index contributed by atoms with van der Waals surface area (Å²) >= 11 is 0. The molecule has 0 radical (unpaired) electrons. The van der Waals surface area contributed by atoms with Crippen LogP contribution in [0.5, 0.6) is 0 Å². The van der Waals surface area contributed by atoms with Crippen molar-refractivity contribution in [2.24, 2.45) is 0 Å². The summed E-state index contributed by atoms with van der Waals surface area (Å²) in [5.74, 6) is 0.0536. The first-order chi connectivity index (χ1) is 34.2. The summed E-state index contributed by atoms with van der Waals surface area (Å²) in [7, 11) is 0. The minimum absolute atomic E-state index is 0.0526. The van der Waals surface area contributed by atoms with Gasteiger partial charge in [-0.25, -0.2) is 0 Å². The molecule has 69 heavy (non-hydrogen) atoms. The molecule has 2 aliphatic rings. The van der Waals surface area contributed by atoms with Crippen LogP contribution in [0.1, 0.15) is 67.5 Å². The van der Waals surface area contributed by atoms with Crippen LogP contribution in [0.15, 0.2) is 267 Å². The van der Waals surface area contributed by atoms with Gasteiger partial charge in [0.2, 0.25) is 0 Å². The van der Waals surface area contributed by atoms with Crippen molar-refractivity contribution in [3.63, 3.8) is 0 Å². The molecular weight excluding hydrogens is 829 g/mol. The van der Waals surface area contributed by atoms with Crippen molar-refractivity contribution in [3.05, 3.63) is 323 Å². The average molecular weight is 875 g/mol. The fourth-order valence-electron chi connectivity index (χ4n) is 12.4. The highest BCUT2D eigenvalue weighted by molar-refractivity contribution is 5.98. The van der Waals surface area contributed by atoms with E-state index in [0.717, 1.165) is 0 Å². The molecule has 12 aromatic rings. The van der Waals surface area contributed by atoms with Crippen LogP contribution < -0.4 is 0 Å². The van der Waals surface area contributed by atoms with Crippen molar-refractivity contribution in [2.45, 2.75) is 17.3 Å². The molecule has 0 saturated carbocycles. The maximum absolute atomic E-state index is 2.58. The fourth-order valence-corrected chi connectivity index (χ4v) is 12.4. The molecule has 0 heteroatoms. The van der Waals surface area contributed by atoms with E-state index in [-0.39, 0.29) is 11.8 Å². The predicted octanol–water partition coefficient (Wildman–Crippen LogP) is 17.5. The Morgan fingerprint density at radius 1 is 0.304 bits per heavy atom. The van der Waals surface area contributed by atoms with Gasteiger partial charge in [0.1, 0.15) is 0 Å². The summed E-state index contributed by atoms with van der Waals surface area (Å²) < 4.78 is 0. The Labute approximate surface area is 403 Å². The maximum Gasteiger partial charge on any atom is 0.0713 e. The second-order valence-corrected chi connectivity index (χ2v) is 19.1. The third kappa shape index (κ3) is 6.15. The molecule has 2 atom stereocenters. The molecule has 0 heterocycles. The molecule has 0 aromatic heterocycles. The fraction of sp³-hybridized carbons (Fsp3) is 0.0435. The van der Waals surface area contributed by atoms with Crippen LogP contribution in [0.4, 0.5) is 0 Å². The van der Waals surface area contributed by atoms with E-state index in [4.69, 9.17) is 0 Å². The molecule has 0 nitrogen and oxygen atoms in total.